The van der Waals surface area contributed by atoms with Crippen molar-refractivity contribution in [3.05, 3.63) is 60.0 Å². The minimum Gasteiger partial charge on any atom is -0.507 e. The van der Waals surface area contributed by atoms with Gasteiger partial charge in [-0.3, -0.25) is 0 Å². The van der Waals surface area contributed by atoms with Gasteiger partial charge in [-0.25, -0.2) is 9.78 Å². The van der Waals surface area contributed by atoms with E-state index >= 15 is 0 Å². The molecule has 1 aromatic heterocycles. The molecule has 35 heavy (non-hydrogen) atoms. The number of aromatic hydroxyl groups is 1. The molecule has 2 amide bonds. The second kappa shape index (κ2) is 12.2. The smallest absolute Gasteiger partial charge is 0.319 e. The number of amides is 2. The second-order valence-electron chi connectivity index (χ2n) is 8.77. The number of nitrogens with zero attached hydrogens (tertiary/aromatic N) is 2. The number of benzene rings is 2. The summed E-state index contributed by atoms with van der Waals surface area (Å²) in [4.78, 5) is 16.8. The minimum absolute atomic E-state index is 0.152. The monoisotopic (exact) mass is 514 g/mol. The van der Waals surface area contributed by atoms with Gasteiger partial charge in [0.05, 0.1) is 24.8 Å². The van der Waals surface area contributed by atoms with Crippen LogP contribution in [0.3, 0.4) is 0 Å². The van der Waals surface area contributed by atoms with Gasteiger partial charge in [0.15, 0.2) is 0 Å². The topological polar surface area (TPSA) is 88.4 Å². The number of nitrogens with one attached hydrogen (secondary N) is 2. The van der Waals surface area contributed by atoms with Crippen LogP contribution in [0.2, 0.25) is 5.02 Å². The van der Waals surface area contributed by atoms with Crippen molar-refractivity contribution in [2.75, 3.05) is 23.9 Å². The highest BCUT2D eigenvalue weighted by Crippen LogP contribution is 2.33. The molecule has 1 aliphatic rings. The van der Waals surface area contributed by atoms with Gasteiger partial charge < -0.3 is 25.0 Å². The van der Waals surface area contributed by atoms with Crippen LogP contribution in [-0.4, -0.2) is 45.3 Å². The molecule has 186 valence electrons. The lowest BCUT2D eigenvalue weighted by Gasteiger charge is -2.29. The van der Waals surface area contributed by atoms with E-state index in [1.54, 1.807) is 42.5 Å². The molecule has 1 fully saturated rings. The predicted molar refractivity (Wildman–Crippen MR) is 143 cm³/mol. The third kappa shape index (κ3) is 7.08. The zero-order chi connectivity index (χ0) is 24.6. The Morgan fingerprint density at radius 1 is 1.20 bits per heavy atom. The third-order valence-electron chi connectivity index (χ3n) is 6.25. The van der Waals surface area contributed by atoms with Crippen molar-refractivity contribution in [3.8, 4) is 22.8 Å². The van der Waals surface area contributed by atoms with E-state index in [9.17, 15) is 9.90 Å². The number of hydrogen-bond acceptors (Lipinski definition) is 5. The first-order chi connectivity index (χ1) is 17.0. The average molecular weight is 515 g/mol. The van der Waals surface area contributed by atoms with E-state index in [1.165, 1.54) is 0 Å². The van der Waals surface area contributed by atoms with E-state index in [-0.39, 0.29) is 17.8 Å². The maximum atomic E-state index is 12.5. The number of carbonyl (C=O) groups is 1. The predicted octanol–water partition coefficient (Wildman–Crippen LogP) is 6.03. The maximum absolute atomic E-state index is 12.5. The van der Waals surface area contributed by atoms with Crippen molar-refractivity contribution in [1.82, 2.24) is 14.9 Å². The molecule has 1 saturated carbocycles. The molecule has 1 aliphatic carbocycles. The van der Waals surface area contributed by atoms with Gasteiger partial charge in [0.25, 0.3) is 0 Å². The van der Waals surface area contributed by atoms with Crippen molar-refractivity contribution in [3.63, 3.8) is 0 Å². The SMILES string of the molecule is CSCCOc1ccc(NC(=O)N[C@H]2CC[C@@H](Cn3cncc3-c3cc(Cl)ccc3O)CC2)cc1. The lowest BCUT2D eigenvalue weighted by Crippen LogP contribution is -2.40. The fourth-order valence-corrected chi connectivity index (χ4v) is 4.82. The minimum atomic E-state index is -0.183. The van der Waals surface area contributed by atoms with E-state index in [0.29, 0.717) is 23.1 Å². The van der Waals surface area contributed by atoms with Crippen LogP contribution in [0.5, 0.6) is 11.5 Å². The van der Waals surface area contributed by atoms with E-state index in [0.717, 1.165) is 55.1 Å². The Hall–Kier alpha value is -2.84. The molecule has 0 radical (unpaired) electrons. The average Bonchev–Trinajstić information content (AvgIpc) is 3.31. The summed E-state index contributed by atoms with van der Waals surface area (Å²) in [6.07, 6.45) is 9.46. The number of aromatic nitrogens is 2. The summed E-state index contributed by atoms with van der Waals surface area (Å²) in [6.45, 7) is 1.48. The number of thioether (sulfide) groups is 1. The molecule has 7 nitrogen and oxygen atoms in total. The van der Waals surface area contributed by atoms with Gasteiger partial charge in [0.2, 0.25) is 0 Å². The fraction of sp³-hybridized carbons (Fsp3) is 0.385. The van der Waals surface area contributed by atoms with Gasteiger partial charge in [-0.05, 0) is 80.3 Å². The number of phenolic OH excluding ortho intramolecular Hbond substituents is 1. The number of phenols is 1. The highest BCUT2D eigenvalue weighted by Gasteiger charge is 2.24. The molecule has 0 saturated heterocycles. The summed E-state index contributed by atoms with van der Waals surface area (Å²) in [7, 11) is 0. The van der Waals surface area contributed by atoms with E-state index in [1.807, 2.05) is 30.5 Å². The van der Waals surface area contributed by atoms with Gasteiger partial charge in [0.1, 0.15) is 11.5 Å². The lowest BCUT2D eigenvalue weighted by molar-refractivity contribution is 0.234. The molecule has 4 rings (SSSR count). The first-order valence-electron chi connectivity index (χ1n) is 11.8. The largest absolute Gasteiger partial charge is 0.507 e. The maximum Gasteiger partial charge on any atom is 0.319 e. The number of urea groups is 1. The summed E-state index contributed by atoms with van der Waals surface area (Å²) >= 11 is 7.87. The molecule has 9 heteroatoms. The van der Waals surface area contributed by atoms with Crippen molar-refractivity contribution in [2.45, 2.75) is 38.3 Å². The standard InChI is InChI=1S/C26H31ClN4O3S/c1-35-13-12-34-22-9-7-21(8-10-22)30-26(33)29-20-5-2-18(3-6-20)16-31-17-28-15-24(31)23-14-19(27)4-11-25(23)32/h4,7-11,14-15,17-18,20,32H,2-3,5-6,12-13,16H2,1H3,(H2,29,30,33)/t18-,20+. The van der Waals surface area contributed by atoms with Crippen LogP contribution in [-0.2, 0) is 6.54 Å². The zero-order valence-electron chi connectivity index (χ0n) is 19.7. The van der Waals surface area contributed by atoms with Crippen LogP contribution in [0.1, 0.15) is 25.7 Å². The number of imidazole rings is 1. The molecule has 0 aliphatic heterocycles. The van der Waals surface area contributed by atoms with E-state index in [4.69, 9.17) is 16.3 Å². The first-order valence-corrected chi connectivity index (χ1v) is 13.6. The van der Waals surface area contributed by atoms with Crippen molar-refractivity contribution >= 4 is 35.1 Å². The number of halogens is 1. The molecular formula is C26H31ClN4O3S. The highest BCUT2D eigenvalue weighted by atomic mass is 35.5. The van der Waals surface area contributed by atoms with Crippen LogP contribution in [0.4, 0.5) is 10.5 Å². The van der Waals surface area contributed by atoms with E-state index < -0.39 is 0 Å². The Kier molecular flexibility index (Phi) is 8.82. The highest BCUT2D eigenvalue weighted by molar-refractivity contribution is 7.98. The van der Waals surface area contributed by atoms with Crippen LogP contribution in [0, 0.1) is 5.92 Å². The summed E-state index contributed by atoms with van der Waals surface area (Å²) in [5.41, 5.74) is 2.28. The van der Waals surface area contributed by atoms with E-state index in [2.05, 4.69) is 20.2 Å². The molecule has 3 aromatic rings. The zero-order valence-corrected chi connectivity index (χ0v) is 21.3. The Bertz CT molecular complexity index is 1110. The van der Waals surface area contributed by atoms with Gasteiger partial charge in [-0.2, -0.15) is 11.8 Å². The summed E-state index contributed by atoms with van der Waals surface area (Å²) < 4.78 is 7.72. The summed E-state index contributed by atoms with van der Waals surface area (Å²) in [6, 6.07) is 12.4. The van der Waals surface area contributed by atoms with Gasteiger partial charge in [0, 0.05) is 34.6 Å². The molecular weight excluding hydrogens is 484 g/mol. The molecule has 0 atom stereocenters. The quantitative estimate of drug-likeness (QED) is 0.303. The lowest BCUT2D eigenvalue weighted by atomic mass is 9.86. The number of hydrogen-bond donors (Lipinski definition) is 3. The van der Waals surface area contributed by atoms with Gasteiger partial charge in [-0.1, -0.05) is 11.6 Å². The van der Waals surface area contributed by atoms with Gasteiger partial charge in [-0.15, -0.1) is 0 Å². The Morgan fingerprint density at radius 2 is 1.97 bits per heavy atom. The Labute approximate surface area is 215 Å². The number of rotatable bonds is 9. The number of anilines is 1. The normalized spacial score (nSPS) is 17.7. The second-order valence-corrected chi connectivity index (χ2v) is 10.2. The Balaban J connectivity index is 1.24. The molecule has 3 N–H and O–H groups in total. The molecule has 0 unspecified atom stereocenters. The number of ether oxygens (including phenoxy) is 1. The van der Waals surface area contributed by atoms with Crippen LogP contribution in [0.25, 0.3) is 11.3 Å². The molecule has 2 aromatic carbocycles. The van der Waals surface area contributed by atoms with Crippen molar-refractivity contribution < 1.29 is 14.6 Å². The molecule has 0 bridgehead atoms. The van der Waals surface area contributed by atoms with Gasteiger partial charge >= 0.3 is 6.03 Å². The summed E-state index contributed by atoms with van der Waals surface area (Å²) in [5.74, 6) is 2.41. The third-order valence-corrected chi connectivity index (χ3v) is 7.06. The van der Waals surface area contributed by atoms with Crippen LogP contribution >= 0.6 is 23.4 Å². The van der Waals surface area contributed by atoms with Crippen LogP contribution in [0.15, 0.2) is 55.0 Å². The van der Waals surface area contributed by atoms with Crippen molar-refractivity contribution in [1.29, 1.82) is 0 Å². The van der Waals surface area contributed by atoms with Crippen molar-refractivity contribution in [2.24, 2.45) is 5.92 Å². The Morgan fingerprint density at radius 3 is 2.71 bits per heavy atom. The number of carbonyl (C=O) groups excluding carboxylic acids is 1. The summed E-state index contributed by atoms with van der Waals surface area (Å²) in [5, 5.41) is 16.9. The molecule has 1 heterocycles. The van der Waals surface area contributed by atoms with Crippen LogP contribution < -0.4 is 15.4 Å². The fourth-order valence-electron chi connectivity index (χ4n) is 4.40. The first kappa shape index (κ1) is 25.3. The molecule has 0 spiro atoms.